The molecule has 1 N–H and O–H groups in total. The minimum absolute atomic E-state index is 0. The molecule has 0 spiro atoms. The van der Waals surface area contributed by atoms with Crippen LogP contribution in [0.25, 0.3) is 0 Å². The van der Waals surface area contributed by atoms with Crippen LogP contribution in [-0.2, 0) is 0 Å². The summed E-state index contributed by atoms with van der Waals surface area (Å²) >= 11 is 0. The Balaban J connectivity index is 0. The van der Waals surface area contributed by atoms with Crippen LogP contribution in [0.2, 0.25) is 0 Å². The molecule has 0 saturated carbocycles. The minimum atomic E-state index is 0. The topological polar surface area (TPSA) is 4.44 Å². The van der Waals surface area contributed by atoms with Gasteiger partial charge >= 0.3 is 0 Å². The van der Waals surface area contributed by atoms with Gasteiger partial charge in [0.1, 0.15) is 0 Å². The lowest BCUT2D eigenvalue weighted by atomic mass is 10.2. The van der Waals surface area contributed by atoms with Crippen molar-refractivity contribution in [2.75, 3.05) is 19.6 Å². The van der Waals surface area contributed by atoms with Gasteiger partial charge in [-0.25, -0.2) is 0 Å². The number of halogens is 1. The van der Waals surface area contributed by atoms with Gasteiger partial charge in [-0.15, -0.1) is 0 Å². The first-order valence-electron chi connectivity index (χ1n) is 8.70. The van der Waals surface area contributed by atoms with E-state index in [0.29, 0.717) is 10.3 Å². The van der Waals surface area contributed by atoms with Gasteiger partial charge in [-0.3, -0.25) is 0 Å². The molecule has 1 atom stereocenters. The molecule has 1 unspecified atom stereocenters. The highest BCUT2D eigenvalue weighted by Gasteiger charge is 2.39. The zero-order valence-electron chi connectivity index (χ0n) is 16.1. The van der Waals surface area contributed by atoms with E-state index in [-0.39, 0.29) is 24.9 Å². The van der Waals surface area contributed by atoms with Gasteiger partial charge in [0, 0.05) is 6.42 Å². The van der Waals surface area contributed by atoms with Gasteiger partial charge in [-0.1, -0.05) is 62.8 Å². The third-order valence-corrected chi connectivity index (χ3v) is 8.40. The maximum absolute atomic E-state index is 2.47. The molecule has 0 aliphatic rings. The Morgan fingerprint density at radius 1 is 0.810 bits per heavy atom. The average molecular weight is 382 g/mol. The molecular formula is C18H41BrNP. The quantitative estimate of drug-likeness (QED) is 0.608. The van der Waals surface area contributed by atoms with Crippen molar-refractivity contribution in [2.45, 2.75) is 97.5 Å². The summed E-state index contributed by atoms with van der Waals surface area (Å²) in [5.74, 6) is 0. The van der Waals surface area contributed by atoms with Gasteiger partial charge in [0.2, 0.25) is 0 Å². The normalized spacial score (nSPS) is 14.4. The third kappa shape index (κ3) is 8.92. The molecule has 0 heterocycles. The standard InChI is InChI=1S/C18H40NP.BrH/c1-10-13-16(14-15-19(11-2)12-3)20(17(4,5)6)18(7,8)9;/h16H,10-15H2,1-9H3;1H. The highest BCUT2D eigenvalue weighted by atomic mass is 79.9. The lowest BCUT2D eigenvalue weighted by Crippen LogP contribution is -3.11. The molecule has 0 amide bonds. The van der Waals surface area contributed by atoms with Gasteiger partial charge in [-0.2, -0.15) is 0 Å². The highest BCUT2D eigenvalue weighted by Crippen LogP contribution is 2.64. The molecule has 0 aromatic heterocycles. The van der Waals surface area contributed by atoms with Crippen LogP contribution in [0.3, 0.4) is 0 Å². The predicted molar refractivity (Wildman–Crippen MR) is 96.7 cm³/mol. The first kappa shape index (κ1) is 24.1. The fraction of sp³-hybridized carbons (Fsp3) is 1.00. The second-order valence-electron chi connectivity index (χ2n) is 8.15. The zero-order chi connectivity index (χ0) is 16.0. The third-order valence-electron chi connectivity index (χ3n) is 4.26. The summed E-state index contributed by atoms with van der Waals surface area (Å²) in [7, 11) is 0.0339. The second kappa shape index (κ2) is 10.6. The first-order chi connectivity index (χ1) is 9.07. The molecule has 0 aromatic carbocycles. The maximum Gasteiger partial charge on any atom is 0.0776 e. The molecule has 0 rings (SSSR count). The molecule has 0 saturated heterocycles. The van der Waals surface area contributed by atoms with E-state index in [9.17, 15) is 0 Å². The highest BCUT2D eigenvalue weighted by molar-refractivity contribution is 7.61. The number of nitrogens with one attached hydrogen (secondary N) is 1. The van der Waals surface area contributed by atoms with Crippen molar-refractivity contribution in [3.05, 3.63) is 0 Å². The smallest absolute Gasteiger partial charge is 0.0776 e. The Bertz CT molecular complexity index is 237. The van der Waals surface area contributed by atoms with Gasteiger partial charge < -0.3 is 21.9 Å². The van der Waals surface area contributed by atoms with Crippen LogP contribution in [-0.4, -0.2) is 35.6 Å². The Morgan fingerprint density at radius 2 is 1.24 bits per heavy atom. The fourth-order valence-electron chi connectivity index (χ4n) is 3.81. The van der Waals surface area contributed by atoms with Crippen molar-refractivity contribution < 1.29 is 21.9 Å². The maximum atomic E-state index is 2.47. The van der Waals surface area contributed by atoms with Gasteiger partial charge in [0.25, 0.3) is 0 Å². The zero-order valence-corrected chi connectivity index (χ0v) is 18.6. The van der Waals surface area contributed by atoms with Crippen LogP contribution in [0.5, 0.6) is 0 Å². The molecule has 0 aliphatic heterocycles. The molecule has 3 heteroatoms. The molecule has 0 bridgehead atoms. The van der Waals surface area contributed by atoms with Crippen molar-refractivity contribution >= 4 is 7.92 Å². The molecular weight excluding hydrogens is 341 g/mol. The number of hydrogen-bond donors (Lipinski definition) is 1. The van der Waals surface area contributed by atoms with Crippen molar-refractivity contribution in [1.82, 2.24) is 0 Å². The molecule has 0 aromatic rings. The Kier molecular flexibility index (Phi) is 12.2. The van der Waals surface area contributed by atoms with E-state index in [1.165, 1.54) is 38.9 Å². The van der Waals surface area contributed by atoms with Gasteiger partial charge in [0.15, 0.2) is 0 Å². The van der Waals surface area contributed by atoms with Crippen molar-refractivity contribution in [2.24, 2.45) is 0 Å². The Hall–Kier alpha value is 0.870. The Labute approximate surface area is 147 Å². The van der Waals surface area contributed by atoms with Gasteiger partial charge in [-0.05, 0) is 36.2 Å². The van der Waals surface area contributed by atoms with E-state index in [0.717, 1.165) is 5.66 Å². The van der Waals surface area contributed by atoms with E-state index in [4.69, 9.17) is 0 Å². The monoisotopic (exact) mass is 381 g/mol. The van der Waals surface area contributed by atoms with E-state index < -0.39 is 0 Å². The molecule has 0 fully saturated rings. The average Bonchev–Trinajstić information content (AvgIpc) is 2.26. The van der Waals surface area contributed by atoms with Crippen LogP contribution in [0.15, 0.2) is 0 Å². The van der Waals surface area contributed by atoms with Crippen LogP contribution in [0.4, 0.5) is 0 Å². The summed E-state index contributed by atoms with van der Waals surface area (Å²) in [5.41, 5.74) is 0.933. The second-order valence-corrected chi connectivity index (χ2v) is 12.3. The lowest BCUT2D eigenvalue weighted by molar-refractivity contribution is -0.896. The summed E-state index contributed by atoms with van der Waals surface area (Å²) in [6.45, 7) is 25.7. The van der Waals surface area contributed by atoms with E-state index in [1.807, 2.05) is 0 Å². The van der Waals surface area contributed by atoms with Crippen molar-refractivity contribution in [3.8, 4) is 0 Å². The largest absolute Gasteiger partial charge is 1.00 e. The molecule has 130 valence electrons. The summed E-state index contributed by atoms with van der Waals surface area (Å²) in [6.07, 6.45) is 4.18. The van der Waals surface area contributed by atoms with Crippen LogP contribution in [0.1, 0.15) is 81.6 Å². The summed E-state index contributed by atoms with van der Waals surface area (Å²) in [4.78, 5) is 1.77. The lowest BCUT2D eigenvalue weighted by Gasteiger charge is -2.46. The van der Waals surface area contributed by atoms with E-state index in [1.54, 1.807) is 4.90 Å². The number of rotatable bonds is 8. The van der Waals surface area contributed by atoms with E-state index >= 15 is 0 Å². The Morgan fingerprint density at radius 3 is 1.52 bits per heavy atom. The molecule has 21 heavy (non-hydrogen) atoms. The molecule has 0 aliphatic carbocycles. The van der Waals surface area contributed by atoms with Crippen LogP contribution in [0, 0.1) is 0 Å². The SMILES string of the molecule is CCCC(CC[NH+](CC)CC)P(C(C)(C)C)C(C)(C)C.[Br-]. The minimum Gasteiger partial charge on any atom is -1.00 e. The van der Waals surface area contributed by atoms with Crippen molar-refractivity contribution in [1.29, 1.82) is 0 Å². The number of hydrogen-bond acceptors (Lipinski definition) is 0. The predicted octanol–water partition coefficient (Wildman–Crippen LogP) is 1.55. The summed E-state index contributed by atoms with van der Waals surface area (Å²) in [6, 6.07) is 0. The summed E-state index contributed by atoms with van der Waals surface area (Å²) in [5, 5.41) is 0.929. The fourth-order valence-corrected chi connectivity index (χ4v) is 8.92. The summed E-state index contributed by atoms with van der Waals surface area (Å²) < 4.78 is 0. The van der Waals surface area contributed by atoms with Crippen LogP contribution < -0.4 is 21.9 Å². The molecule has 0 radical (unpaired) electrons. The van der Waals surface area contributed by atoms with E-state index in [2.05, 4.69) is 62.3 Å². The molecule has 1 nitrogen and oxygen atoms in total. The van der Waals surface area contributed by atoms with Crippen molar-refractivity contribution in [3.63, 3.8) is 0 Å². The van der Waals surface area contributed by atoms with Gasteiger partial charge in [0.05, 0.1) is 19.6 Å². The first-order valence-corrected chi connectivity index (χ1v) is 10.1. The van der Waals surface area contributed by atoms with Crippen LogP contribution >= 0.6 is 7.92 Å². The number of quaternary nitrogens is 1.